The third-order valence-electron chi connectivity index (χ3n) is 17.5. The van der Waals surface area contributed by atoms with Crippen LogP contribution >= 0.6 is 0 Å². The average molecular weight is 1470 g/mol. The smallest absolute Gasteiger partial charge is 0.306 e. The molecule has 0 N–H and O–H groups in total. The van der Waals surface area contributed by atoms with Crippen LogP contribution in [0, 0.1) is 23.7 Å². The highest BCUT2D eigenvalue weighted by Crippen LogP contribution is 2.27. The van der Waals surface area contributed by atoms with Crippen molar-refractivity contribution >= 4 is 75.0 Å². The van der Waals surface area contributed by atoms with Crippen molar-refractivity contribution in [2.24, 2.45) is 11.8 Å². The van der Waals surface area contributed by atoms with Crippen LogP contribution in [0.15, 0.2) is 0 Å². The van der Waals surface area contributed by atoms with Crippen molar-refractivity contribution in [3.63, 3.8) is 0 Å². The highest BCUT2D eigenvalue weighted by Gasteiger charge is 2.23. The van der Waals surface area contributed by atoms with Crippen molar-refractivity contribution in [1.82, 2.24) is 38.6 Å². The summed E-state index contributed by atoms with van der Waals surface area (Å²) in [5.74, 6) is 8.20. The van der Waals surface area contributed by atoms with Crippen LogP contribution in [0.3, 0.4) is 0 Å². The molecule has 1 saturated carbocycles. The van der Waals surface area contributed by atoms with E-state index in [9.17, 15) is 62.4 Å². The summed E-state index contributed by atoms with van der Waals surface area (Å²) in [7, 11) is -9.04. The van der Waals surface area contributed by atoms with Crippen molar-refractivity contribution in [1.29, 1.82) is 0 Å². The lowest BCUT2D eigenvalue weighted by molar-refractivity contribution is -0.142. The van der Waals surface area contributed by atoms with Crippen LogP contribution in [0.2, 0.25) is 0 Å². The fourth-order valence-electron chi connectivity index (χ4n) is 11.3. The van der Waals surface area contributed by atoms with Gasteiger partial charge < -0.3 is 43.8 Å². The monoisotopic (exact) mass is 1470 g/mol. The lowest BCUT2D eigenvalue weighted by atomic mass is 9.87. The Morgan fingerprint density at radius 1 is 0.429 bits per heavy atom. The number of amides is 5. The van der Waals surface area contributed by atoms with E-state index in [0.717, 1.165) is 163 Å². The summed E-state index contributed by atoms with van der Waals surface area (Å²) >= 11 is 0. The Bertz CT molecular complexity index is 2700. The number of piperazine rings is 1. The van der Waals surface area contributed by atoms with Gasteiger partial charge in [-0.3, -0.25) is 28.8 Å². The third-order valence-corrected chi connectivity index (χ3v) is 21.9. The SMILES string of the molecule is C.CC#CCOC(=O)CC.CC(=O)N1CCCC1.CC(=O)N1CCCCC1.CC(=O)N1CCN(C)CC1.CCC(=O)N1CCCC1.CCC(=O)N1CCCCC1.CS(=O)(=O)CC1CCC1.CS(=O)(=O)CC1CCOCC1.CS(=O)(=O)CCN1CCCCC1.CS(=O)(=O)N1CCCCC1. The lowest BCUT2D eigenvalue weighted by Gasteiger charge is -2.31. The summed E-state index contributed by atoms with van der Waals surface area (Å²) in [6.07, 6.45) is 31.3. The molecule has 8 heterocycles. The zero-order chi connectivity index (χ0) is 73.3. The fraction of sp³-hybridized carbons (Fsp3) is 0.886. The summed E-state index contributed by atoms with van der Waals surface area (Å²) in [5.41, 5.74) is 0. The van der Waals surface area contributed by atoms with E-state index in [1.165, 1.54) is 121 Å². The first kappa shape index (κ1) is 96.1. The van der Waals surface area contributed by atoms with Gasteiger partial charge in [0.2, 0.25) is 39.6 Å². The zero-order valence-electron chi connectivity index (χ0n) is 62.1. The van der Waals surface area contributed by atoms with Crippen LogP contribution in [0.4, 0.5) is 0 Å². The van der Waals surface area contributed by atoms with Crippen LogP contribution in [0.25, 0.3) is 0 Å². The predicted octanol–water partition coefficient (Wildman–Crippen LogP) is 7.69. The van der Waals surface area contributed by atoms with Gasteiger partial charge in [-0.05, 0) is 154 Å². The normalized spacial score (nSPS) is 19.2. The van der Waals surface area contributed by atoms with Crippen molar-refractivity contribution < 1.29 is 71.9 Å². The molecular formula is C70H136N8O16S4. The van der Waals surface area contributed by atoms with Crippen molar-refractivity contribution in [2.45, 2.75) is 210 Å². The maximum atomic E-state index is 11.1. The number of carbonyl (C=O) groups is 6. The number of likely N-dealkylation sites (N-methyl/N-ethyl adjacent to an activating group) is 1. The molecule has 9 rings (SSSR count). The fourth-order valence-corrected chi connectivity index (χ4v) is 15.2. The quantitative estimate of drug-likeness (QED) is 0.134. The van der Waals surface area contributed by atoms with E-state index in [0.29, 0.717) is 60.2 Å². The van der Waals surface area contributed by atoms with E-state index in [2.05, 4.69) is 33.4 Å². The van der Waals surface area contributed by atoms with Gasteiger partial charge in [0.1, 0.15) is 29.5 Å². The molecule has 24 nitrogen and oxygen atoms in total. The molecule has 8 aliphatic heterocycles. The number of hydrogen-bond donors (Lipinski definition) is 0. The molecule has 0 radical (unpaired) electrons. The van der Waals surface area contributed by atoms with Crippen molar-refractivity contribution in [2.75, 3.05) is 180 Å². The molecule has 8 saturated heterocycles. The Kier molecular flexibility index (Phi) is 54.5. The highest BCUT2D eigenvalue weighted by molar-refractivity contribution is 7.91. The van der Waals surface area contributed by atoms with Gasteiger partial charge in [0.25, 0.3) is 0 Å². The molecule has 0 spiro atoms. The zero-order valence-corrected chi connectivity index (χ0v) is 65.4. The minimum absolute atomic E-state index is 0. The molecular weight excluding hydrogens is 1340 g/mol. The number of nitrogens with zero attached hydrogens (tertiary/aromatic N) is 8. The molecule has 0 aromatic rings. The average Bonchev–Trinajstić information content (AvgIpc) is 1.96. The minimum Gasteiger partial charge on any atom is -0.452 e. The van der Waals surface area contributed by atoms with E-state index < -0.39 is 39.5 Å². The number of ether oxygens (including phenoxy) is 2. The Morgan fingerprint density at radius 3 is 1.05 bits per heavy atom. The van der Waals surface area contributed by atoms with Crippen LogP contribution < -0.4 is 0 Å². The van der Waals surface area contributed by atoms with Crippen LogP contribution in [0.1, 0.15) is 210 Å². The molecule has 9 aliphatic rings. The molecule has 9 fully saturated rings. The summed E-state index contributed by atoms with van der Waals surface area (Å²) in [6.45, 7) is 29.9. The number of sulfone groups is 3. The first-order chi connectivity index (χ1) is 45.6. The third kappa shape index (κ3) is 53.8. The number of likely N-dealkylation sites (tertiary alicyclic amines) is 5. The number of sulfonamides is 1. The number of carbonyl (C=O) groups excluding carboxylic acids is 6. The first-order valence-electron chi connectivity index (χ1n) is 36.0. The summed E-state index contributed by atoms with van der Waals surface area (Å²) in [5, 5.41) is 0. The molecule has 5 amide bonds. The van der Waals surface area contributed by atoms with Gasteiger partial charge in [-0.15, -0.1) is 5.92 Å². The van der Waals surface area contributed by atoms with Crippen LogP contribution in [0.5, 0.6) is 0 Å². The Hall–Kier alpha value is -3.98. The van der Waals surface area contributed by atoms with E-state index in [4.69, 9.17) is 4.74 Å². The molecule has 28 heteroatoms. The Morgan fingerprint density at radius 2 is 0.765 bits per heavy atom. The van der Waals surface area contributed by atoms with Crippen molar-refractivity contribution in [3.05, 3.63) is 0 Å². The highest BCUT2D eigenvalue weighted by atomic mass is 32.2. The van der Waals surface area contributed by atoms with Gasteiger partial charge >= 0.3 is 5.97 Å². The molecule has 576 valence electrons. The summed E-state index contributed by atoms with van der Waals surface area (Å²) in [4.78, 5) is 78.6. The molecule has 0 bridgehead atoms. The number of piperidine rings is 4. The topological polar surface area (TPSA) is 283 Å². The summed E-state index contributed by atoms with van der Waals surface area (Å²) < 4.78 is 97.8. The second kappa shape index (κ2) is 55.6. The molecule has 0 atom stereocenters. The minimum atomic E-state index is -2.89. The van der Waals surface area contributed by atoms with Gasteiger partial charge in [0.05, 0.1) is 23.5 Å². The molecule has 1 aliphatic carbocycles. The Balaban J connectivity index is 0. The number of esters is 1. The van der Waals surface area contributed by atoms with Crippen LogP contribution in [-0.2, 0) is 77.8 Å². The Labute approximate surface area is 596 Å². The van der Waals surface area contributed by atoms with E-state index >= 15 is 0 Å². The second-order valence-electron chi connectivity index (χ2n) is 26.6. The van der Waals surface area contributed by atoms with Gasteiger partial charge in [0, 0.05) is 170 Å². The molecule has 0 unspecified atom stereocenters. The maximum absolute atomic E-state index is 11.1. The molecule has 0 aromatic carbocycles. The standard InChI is InChI=1S/C8H17NO2S.C8H15NO.C7H14N2O.2C7H13NO.C7H14O3S.C7H10O2.C6H13NO2S.C6H11NO.C6H12O2S.CH4/c1-12(10,11)8-7-9-5-3-2-4-6-9;1-2-8(10)9-6-4-3-5-7-9;1-7(10)9-5-3-8(2)4-6-9;1-7(9)8-5-3-2-4-6-8;1-2-7(9)8-5-3-4-6-8;1-11(8,9)6-7-2-4-10-5-3-7;1-3-5-6-9-7(8)4-2;1-10(8,9)7-5-3-2-4-6-7;1-6(8)7-4-2-3-5-7;1-9(7,8)5-6-3-2-4-6;/h2-8H2,1H3;2-7H2,1H3;3-6H2,1-2H3;2*2-6H2,1H3;7H,2-6H2,1H3;4,6H2,1-2H3;2-6H2,1H3;2-5H2,1H3;6H,2-5H2,1H3;1H4. The van der Waals surface area contributed by atoms with Gasteiger partial charge in [-0.2, -0.15) is 0 Å². The predicted molar refractivity (Wildman–Crippen MR) is 396 cm³/mol. The first-order valence-corrected chi connectivity index (χ1v) is 44.0. The van der Waals surface area contributed by atoms with Crippen LogP contribution in [-0.4, -0.2) is 288 Å². The number of hydrogen-bond acceptors (Lipinski definition) is 18. The van der Waals surface area contributed by atoms with Crippen molar-refractivity contribution in [3.8, 4) is 11.8 Å². The maximum Gasteiger partial charge on any atom is 0.306 e. The van der Waals surface area contributed by atoms with E-state index in [1.807, 2.05) is 38.3 Å². The van der Waals surface area contributed by atoms with E-state index in [1.54, 1.807) is 38.9 Å². The van der Waals surface area contributed by atoms with Gasteiger partial charge in [0.15, 0.2) is 6.61 Å². The van der Waals surface area contributed by atoms with Gasteiger partial charge in [-0.25, -0.2) is 38.0 Å². The molecule has 98 heavy (non-hydrogen) atoms. The number of rotatable bonds is 12. The largest absolute Gasteiger partial charge is 0.452 e. The summed E-state index contributed by atoms with van der Waals surface area (Å²) in [6, 6.07) is 0. The van der Waals surface area contributed by atoms with Gasteiger partial charge in [-0.1, -0.05) is 53.4 Å². The lowest BCUT2D eigenvalue weighted by Crippen LogP contribution is -2.46. The molecule has 0 aromatic heterocycles. The second-order valence-corrected chi connectivity index (χ2v) is 35.2. The van der Waals surface area contributed by atoms with E-state index in [-0.39, 0.29) is 37.7 Å².